The second kappa shape index (κ2) is 3.72. The van der Waals surface area contributed by atoms with Crippen molar-refractivity contribution in [3.63, 3.8) is 0 Å². The summed E-state index contributed by atoms with van der Waals surface area (Å²) in [7, 11) is 1.31. The second-order valence-electron chi connectivity index (χ2n) is 3.24. The number of anilines is 1. The molecule has 0 radical (unpaired) electrons. The molecule has 0 N–H and O–H groups in total. The number of methoxy groups -OCH3 is 1. The summed E-state index contributed by atoms with van der Waals surface area (Å²) in [6.45, 7) is 0.270. The normalized spacial score (nSPS) is 20.7. The molecule has 1 amide bonds. The predicted molar refractivity (Wildman–Crippen MR) is 49.0 cm³/mol. The van der Waals surface area contributed by atoms with Crippen molar-refractivity contribution in [2.45, 2.75) is 6.42 Å². The summed E-state index contributed by atoms with van der Waals surface area (Å²) in [6.07, 6.45) is 2.98. The molecule has 2 rings (SSSR count). The van der Waals surface area contributed by atoms with E-state index in [-0.39, 0.29) is 30.9 Å². The number of carbonyl (C=O) groups is 2. The Morgan fingerprint density at radius 2 is 2.53 bits per heavy atom. The lowest BCUT2D eigenvalue weighted by Crippen LogP contribution is -2.26. The van der Waals surface area contributed by atoms with Gasteiger partial charge < -0.3 is 9.15 Å². The number of oxazole rings is 1. The number of amides is 1. The number of carbonyl (C=O) groups excluding carboxylic acids is 2. The Kier molecular flexibility index (Phi) is 2.40. The lowest BCUT2D eigenvalue weighted by Gasteiger charge is -2.10. The summed E-state index contributed by atoms with van der Waals surface area (Å²) in [5.74, 6) is -0.973. The van der Waals surface area contributed by atoms with Crippen LogP contribution < -0.4 is 4.90 Å². The number of ether oxygens (including phenoxy) is 1. The standard InChI is InChI=1S/C9H10N2O4/c1-14-8(13)6-4-7(12)11(5-6)9-10-2-3-15-9/h2-3,6H,4-5H2,1H3. The Balaban J connectivity index is 2.11. The first kappa shape index (κ1) is 9.70. The van der Waals surface area contributed by atoms with Gasteiger partial charge in [0.05, 0.1) is 19.2 Å². The molecule has 80 valence electrons. The van der Waals surface area contributed by atoms with Crippen LogP contribution in [-0.2, 0) is 14.3 Å². The second-order valence-corrected chi connectivity index (χ2v) is 3.24. The van der Waals surface area contributed by atoms with Crippen LogP contribution in [0.3, 0.4) is 0 Å². The molecule has 1 aliphatic rings. The van der Waals surface area contributed by atoms with E-state index in [1.807, 2.05) is 0 Å². The van der Waals surface area contributed by atoms with E-state index < -0.39 is 5.92 Å². The molecule has 1 aliphatic heterocycles. The SMILES string of the molecule is COC(=O)C1CC(=O)N(c2ncco2)C1. The summed E-state index contributed by atoms with van der Waals surface area (Å²) in [5, 5.41) is 0. The molecular weight excluding hydrogens is 200 g/mol. The van der Waals surface area contributed by atoms with Gasteiger partial charge in [-0.25, -0.2) is 4.98 Å². The fraction of sp³-hybridized carbons (Fsp3) is 0.444. The molecule has 15 heavy (non-hydrogen) atoms. The molecule has 2 heterocycles. The Morgan fingerprint density at radius 3 is 3.13 bits per heavy atom. The Morgan fingerprint density at radius 1 is 1.73 bits per heavy atom. The van der Waals surface area contributed by atoms with Crippen LogP contribution in [0.25, 0.3) is 0 Å². The fourth-order valence-corrected chi connectivity index (χ4v) is 1.57. The van der Waals surface area contributed by atoms with Gasteiger partial charge in [0.15, 0.2) is 0 Å². The minimum Gasteiger partial charge on any atom is -0.469 e. The zero-order valence-corrected chi connectivity index (χ0v) is 8.17. The van der Waals surface area contributed by atoms with E-state index in [9.17, 15) is 9.59 Å². The molecule has 6 nitrogen and oxygen atoms in total. The number of rotatable bonds is 2. The summed E-state index contributed by atoms with van der Waals surface area (Å²) in [6, 6.07) is 0.228. The van der Waals surface area contributed by atoms with Crippen molar-refractivity contribution in [1.82, 2.24) is 4.98 Å². The highest BCUT2D eigenvalue weighted by Gasteiger charge is 2.37. The third-order valence-electron chi connectivity index (χ3n) is 2.31. The molecule has 1 unspecified atom stereocenters. The van der Waals surface area contributed by atoms with E-state index >= 15 is 0 Å². The van der Waals surface area contributed by atoms with Crippen molar-refractivity contribution in [2.75, 3.05) is 18.6 Å². The molecule has 0 spiro atoms. The summed E-state index contributed by atoms with van der Waals surface area (Å²) >= 11 is 0. The van der Waals surface area contributed by atoms with E-state index in [1.165, 1.54) is 24.5 Å². The van der Waals surface area contributed by atoms with Crippen molar-refractivity contribution < 1.29 is 18.7 Å². The quantitative estimate of drug-likeness (QED) is 0.652. The van der Waals surface area contributed by atoms with Gasteiger partial charge in [-0.2, -0.15) is 0 Å². The van der Waals surface area contributed by atoms with Crippen LogP contribution in [-0.4, -0.2) is 30.5 Å². The number of hydrogen-bond acceptors (Lipinski definition) is 5. The van der Waals surface area contributed by atoms with Crippen LogP contribution in [0.2, 0.25) is 0 Å². The highest BCUT2D eigenvalue weighted by molar-refractivity contribution is 5.97. The number of aromatic nitrogens is 1. The third-order valence-corrected chi connectivity index (χ3v) is 2.31. The molecule has 1 atom stereocenters. The third kappa shape index (κ3) is 1.70. The van der Waals surface area contributed by atoms with E-state index in [1.54, 1.807) is 0 Å². The number of hydrogen-bond donors (Lipinski definition) is 0. The first-order valence-corrected chi connectivity index (χ1v) is 4.50. The van der Waals surface area contributed by atoms with Crippen molar-refractivity contribution in [1.29, 1.82) is 0 Å². The average Bonchev–Trinajstić information content (AvgIpc) is 2.84. The Hall–Kier alpha value is -1.85. The highest BCUT2D eigenvalue weighted by Crippen LogP contribution is 2.23. The topological polar surface area (TPSA) is 72.6 Å². The molecule has 1 aromatic heterocycles. The summed E-state index contributed by atoms with van der Waals surface area (Å²) < 4.78 is 9.57. The van der Waals surface area contributed by atoms with E-state index in [0.29, 0.717) is 0 Å². The fourth-order valence-electron chi connectivity index (χ4n) is 1.57. The first-order valence-electron chi connectivity index (χ1n) is 4.50. The summed E-state index contributed by atoms with van der Waals surface area (Å²) in [5.41, 5.74) is 0. The number of esters is 1. The van der Waals surface area contributed by atoms with Gasteiger partial charge in [-0.1, -0.05) is 0 Å². The van der Waals surface area contributed by atoms with Gasteiger partial charge >= 0.3 is 12.0 Å². The van der Waals surface area contributed by atoms with Crippen LogP contribution in [0.1, 0.15) is 6.42 Å². The van der Waals surface area contributed by atoms with E-state index in [2.05, 4.69) is 9.72 Å². The monoisotopic (exact) mass is 210 g/mol. The summed E-state index contributed by atoms with van der Waals surface area (Å²) in [4.78, 5) is 27.9. The van der Waals surface area contributed by atoms with Gasteiger partial charge in [0, 0.05) is 13.0 Å². The van der Waals surface area contributed by atoms with Crippen LogP contribution in [0.5, 0.6) is 0 Å². The van der Waals surface area contributed by atoms with Crippen molar-refractivity contribution in [3.8, 4) is 0 Å². The van der Waals surface area contributed by atoms with Crippen molar-refractivity contribution in [2.24, 2.45) is 5.92 Å². The van der Waals surface area contributed by atoms with E-state index in [0.717, 1.165) is 0 Å². The lowest BCUT2D eigenvalue weighted by atomic mass is 10.1. The lowest BCUT2D eigenvalue weighted by molar-refractivity contribution is -0.145. The maximum atomic E-state index is 11.5. The molecule has 0 saturated carbocycles. The zero-order valence-electron chi connectivity index (χ0n) is 8.17. The van der Waals surface area contributed by atoms with Crippen LogP contribution in [0.4, 0.5) is 6.01 Å². The Labute approximate surface area is 85.8 Å². The number of nitrogens with zero attached hydrogens (tertiary/aromatic N) is 2. The molecule has 0 aromatic carbocycles. The van der Waals surface area contributed by atoms with Crippen molar-refractivity contribution >= 4 is 17.9 Å². The van der Waals surface area contributed by atoms with Gasteiger partial charge in [0.25, 0.3) is 0 Å². The largest absolute Gasteiger partial charge is 0.469 e. The molecule has 0 bridgehead atoms. The van der Waals surface area contributed by atoms with Crippen molar-refractivity contribution in [3.05, 3.63) is 12.5 Å². The molecule has 1 fully saturated rings. The maximum Gasteiger partial charge on any atom is 0.311 e. The maximum absolute atomic E-state index is 11.5. The van der Waals surface area contributed by atoms with Gasteiger partial charge in [-0.05, 0) is 0 Å². The van der Waals surface area contributed by atoms with Gasteiger partial charge in [0.1, 0.15) is 6.26 Å². The first-order chi connectivity index (χ1) is 7.22. The van der Waals surface area contributed by atoms with Crippen LogP contribution in [0, 0.1) is 5.92 Å². The molecule has 6 heteroatoms. The average molecular weight is 210 g/mol. The van der Waals surface area contributed by atoms with Crippen LogP contribution >= 0.6 is 0 Å². The molecule has 1 aromatic rings. The molecular formula is C9H10N2O4. The minimum absolute atomic E-state index is 0.148. The van der Waals surface area contributed by atoms with Gasteiger partial charge in [-0.3, -0.25) is 14.5 Å². The van der Waals surface area contributed by atoms with E-state index in [4.69, 9.17) is 4.42 Å². The predicted octanol–water partition coefficient (Wildman–Crippen LogP) is 0.200. The van der Waals surface area contributed by atoms with Crippen LogP contribution in [0.15, 0.2) is 16.9 Å². The van der Waals surface area contributed by atoms with Gasteiger partial charge in [-0.15, -0.1) is 0 Å². The molecule has 0 aliphatic carbocycles. The zero-order chi connectivity index (χ0) is 10.8. The smallest absolute Gasteiger partial charge is 0.311 e. The highest BCUT2D eigenvalue weighted by atomic mass is 16.5. The molecule has 1 saturated heterocycles. The minimum atomic E-state index is -0.422. The Bertz CT molecular complexity index is 373. The van der Waals surface area contributed by atoms with Gasteiger partial charge in [0.2, 0.25) is 5.91 Å².